The number of carbonyl (C=O) groups is 1. The highest BCUT2D eigenvalue weighted by Crippen LogP contribution is 2.47. The van der Waals surface area contributed by atoms with E-state index in [9.17, 15) is 4.79 Å². The van der Waals surface area contributed by atoms with Crippen LogP contribution < -0.4 is 0 Å². The number of fused-ring (bicyclic) bond motifs is 3. The molecular weight excluding hydrogens is 152 g/mol. The molecule has 2 bridgehead atoms. The van der Waals surface area contributed by atoms with Crippen molar-refractivity contribution < 1.29 is 9.53 Å². The molecule has 3 rings (SSSR count). The van der Waals surface area contributed by atoms with E-state index in [1.807, 2.05) is 0 Å². The van der Waals surface area contributed by atoms with E-state index in [4.69, 9.17) is 4.74 Å². The Hall–Kier alpha value is -0.370. The van der Waals surface area contributed by atoms with Crippen LogP contribution in [0.15, 0.2) is 0 Å². The van der Waals surface area contributed by atoms with E-state index in [0.29, 0.717) is 5.92 Å². The average Bonchev–Trinajstić information content (AvgIpc) is 2.19. The lowest BCUT2D eigenvalue weighted by molar-refractivity contribution is -0.151. The highest BCUT2D eigenvalue weighted by Gasteiger charge is 2.47. The fourth-order valence-electron chi connectivity index (χ4n) is 2.92. The summed E-state index contributed by atoms with van der Waals surface area (Å²) < 4.78 is 5.39. The first-order chi connectivity index (χ1) is 5.80. The van der Waals surface area contributed by atoms with E-state index in [2.05, 4.69) is 0 Å². The van der Waals surface area contributed by atoms with Gasteiger partial charge in [0.05, 0.1) is 0 Å². The van der Waals surface area contributed by atoms with Crippen molar-refractivity contribution in [2.75, 3.05) is 7.11 Å². The van der Waals surface area contributed by atoms with Crippen LogP contribution in [0.1, 0.15) is 32.1 Å². The van der Waals surface area contributed by atoms with Gasteiger partial charge in [0.25, 0.3) is 0 Å². The zero-order valence-electron chi connectivity index (χ0n) is 7.58. The SMILES string of the molecule is COC1(C=O)CC2CCC1CC2. The van der Waals surface area contributed by atoms with Gasteiger partial charge in [0, 0.05) is 7.11 Å². The molecule has 0 aromatic heterocycles. The van der Waals surface area contributed by atoms with Crippen molar-refractivity contribution in [2.24, 2.45) is 11.8 Å². The summed E-state index contributed by atoms with van der Waals surface area (Å²) in [5.41, 5.74) is -0.402. The second-order valence-electron chi connectivity index (χ2n) is 4.20. The summed E-state index contributed by atoms with van der Waals surface area (Å²) >= 11 is 0. The van der Waals surface area contributed by atoms with Gasteiger partial charge in [-0.15, -0.1) is 0 Å². The molecule has 3 fully saturated rings. The fourth-order valence-corrected chi connectivity index (χ4v) is 2.92. The molecule has 1 atom stereocenters. The van der Waals surface area contributed by atoms with Crippen molar-refractivity contribution in [1.82, 2.24) is 0 Å². The second-order valence-corrected chi connectivity index (χ2v) is 4.20. The first-order valence-corrected chi connectivity index (χ1v) is 4.82. The van der Waals surface area contributed by atoms with Crippen molar-refractivity contribution in [3.8, 4) is 0 Å². The maximum atomic E-state index is 11.0. The van der Waals surface area contributed by atoms with Crippen LogP contribution in [0.5, 0.6) is 0 Å². The summed E-state index contributed by atoms with van der Waals surface area (Å²) in [5, 5.41) is 0. The molecule has 3 saturated carbocycles. The van der Waals surface area contributed by atoms with Crippen LogP contribution in [0, 0.1) is 11.8 Å². The largest absolute Gasteiger partial charge is 0.370 e. The zero-order chi connectivity index (χ0) is 8.60. The standard InChI is InChI=1S/C10H16O2/c1-12-10(7-11)6-8-2-4-9(10)5-3-8/h7-9H,2-6H2,1H3. The highest BCUT2D eigenvalue weighted by molar-refractivity contribution is 5.63. The van der Waals surface area contributed by atoms with Gasteiger partial charge in [0.2, 0.25) is 0 Å². The van der Waals surface area contributed by atoms with Gasteiger partial charge in [0.15, 0.2) is 6.29 Å². The maximum Gasteiger partial charge on any atom is 0.152 e. The molecule has 2 heteroatoms. The molecule has 0 saturated heterocycles. The lowest BCUT2D eigenvalue weighted by Gasteiger charge is -2.47. The van der Waals surface area contributed by atoms with Gasteiger partial charge >= 0.3 is 0 Å². The molecule has 0 aliphatic heterocycles. The minimum atomic E-state index is -0.402. The van der Waals surface area contributed by atoms with Crippen LogP contribution in [0.3, 0.4) is 0 Å². The van der Waals surface area contributed by atoms with E-state index >= 15 is 0 Å². The average molecular weight is 168 g/mol. The fraction of sp³-hybridized carbons (Fsp3) is 0.900. The summed E-state index contributed by atoms with van der Waals surface area (Å²) in [6, 6.07) is 0. The van der Waals surface area contributed by atoms with E-state index in [-0.39, 0.29) is 0 Å². The number of aldehydes is 1. The van der Waals surface area contributed by atoms with E-state index in [1.165, 1.54) is 25.7 Å². The Morgan fingerprint density at radius 1 is 1.33 bits per heavy atom. The van der Waals surface area contributed by atoms with Crippen molar-refractivity contribution in [3.63, 3.8) is 0 Å². The number of rotatable bonds is 2. The summed E-state index contributed by atoms with van der Waals surface area (Å²) in [6.45, 7) is 0. The molecular formula is C10H16O2. The monoisotopic (exact) mass is 168 g/mol. The van der Waals surface area contributed by atoms with Gasteiger partial charge in [-0.05, 0) is 43.9 Å². The van der Waals surface area contributed by atoms with Crippen molar-refractivity contribution in [2.45, 2.75) is 37.7 Å². The third-order valence-corrected chi connectivity index (χ3v) is 3.73. The van der Waals surface area contributed by atoms with Gasteiger partial charge < -0.3 is 9.53 Å². The second kappa shape index (κ2) is 2.84. The van der Waals surface area contributed by atoms with E-state index < -0.39 is 5.60 Å². The molecule has 3 aliphatic rings. The predicted octanol–water partition coefficient (Wildman–Crippen LogP) is 1.78. The molecule has 3 aliphatic carbocycles. The first-order valence-electron chi connectivity index (χ1n) is 4.82. The van der Waals surface area contributed by atoms with Crippen LogP contribution in [0.2, 0.25) is 0 Å². The lowest BCUT2D eigenvalue weighted by atomic mass is 9.62. The van der Waals surface area contributed by atoms with Crippen molar-refractivity contribution in [3.05, 3.63) is 0 Å². The number of ether oxygens (including phenoxy) is 1. The van der Waals surface area contributed by atoms with Gasteiger partial charge in [-0.25, -0.2) is 0 Å². The number of hydrogen-bond donors (Lipinski definition) is 0. The Morgan fingerprint density at radius 2 is 2.00 bits per heavy atom. The smallest absolute Gasteiger partial charge is 0.152 e. The topological polar surface area (TPSA) is 26.3 Å². The lowest BCUT2D eigenvalue weighted by Crippen LogP contribution is -2.50. The van der Waals surface area contributed by atoms with Gasteiger partial charge in [-0.2, -0.15) is 0 Å². The van der Waals surface area contributed by atoms with E-state index in [1.54, 1.807) is 7.11 Å². The molecule has 0 aromatic carbocycles. The number of hydrogen-bond acceptors (Lipinski definition) is 2. The number of methoxy groups -OCH3 is 1. The zero-order valence-corrected chi connectivity index (χ0v) is 7.58. The Bertz CT molecular complexity index is 182. The molecule has 0 radical (unpaired) electrons. The molecule has 0 N–H and O–H groups in total. The Kier molecular flexibility index (Phi) is 1.95. The third kappa shape index (κ3) is 1.01. The molecule has 0 heterocycles. The van der Waals surface area contributed by atoms with Crippen LogP contribution >= 0.6 is 0 Å². The molecule has 2 nitrogen and oxygen atoms in total. The first kappa shape index (κ1) is 8.24. The molecule has 68 valence electrons. The summed E-state index contributed by atoms with van der Waals surface area (Å²) in [4.78, 5) is 11.0. The normalized spacial score (nSPS) is 46.1. The molecule has 0 aromatic rings. The van der Waals surface area contributed by atoms with Crippen LogP contribution in [0.25, 0.3) is 0 Å². The van der Waals surface area contributed by atoms with Crippen molar-refractivity contribution in [1.29, 1.82) is 0 Å². The van der Waals surface area contributed by atoms with Gasteiger partial charge in [-0.1, -0.05) is 0 Å². The summed E-state index contributed by atoms with van der Waals surface area (Å²) in [5.74, 6) is 1.25. The maximum absolute atomic E-state index is 11.0. The van der Waals surface area contributed by atoms with E-state index in [0.717, 1.165) is 18.6 Å². The third-order valence-electron chi connectivity index (χ3n) is 3.73. The Morgan fingerprint density at radius 3 is 2.25 bits per heavy atom. The minimum Gasteiger partial charge on any atom is -0.370 e. The predicted molar refractivity (Wildman–Crippen MR) is 45.9 cm³/mol. The van der Waals surface area contributed by atoms with Gasteiger partial charge in [0.1, 0.15) is 5.60 Å². The summed E-state index contributed by atoms with van der Waals surface area (Å²) in [7, 11) is 1.68. The van der Waals surface area contributed by atoms with Crippen molar-refractivity contribution >= 4 is 6.29 Å². The van der Waals surface area contributed by atoms with Crippen LogP contribution in [0.4, 0.5) is 0 Å². The van der Waals surface area contributed by atoms with Crippen LogP contribution in [-0.2, 0) is 9.53 Å². The quantitative estimate of drug-likeness (QED) is 0.587. The minimum absolute atomic E-state index is 0.402. The molecule has 0 spiro atoms. The van der Waals surface area contributed by atoms with Gasteiger partial charge in [-0.3, -0.25) is 0 Å². The highest BCUT2D eigenvalue weighted by atomic mass is 16.5. The molecule has 0 amide bonds. The summed E-state index contributed by atoms with van der Waals surface area (Å²) in [6.07, 6.45) is 7.02. The molecule has 12 heavy (non-hydrogen) atoms. The molecule has 1 unspecified atom stereocenters. The number of carbonyl (C=O) groups excluding carboxylic acids is 1. The van der Waals surface area contributed by atoms with Crippen LogP contribution in [-0.4, -0.2) is 19.0 Å². The Labute approximate surface area is 73.3 Å². The Balaban J connectivity index is 2.20.